The van der Waals surface area contributed by atoms with E-state index in [-0.39, 0.29) is 0 Å². The van der Waals surface area contributed by atoms with E-state index < -0.39 is 0 Å². The number of hydrogen-bond acceptors (Lipinski definition) is 1. The largest absolute Gasteiger partial charge is 0.257 e. The number of pyridine rings is 1. The molecule has 2 aromatic rings. The van der Waals surface area contributed by atoms with E-state index in [4.69, 9.17) is 11.6 Å². The first kappa shape index (κ1) is 10.9. The van der Waals surface area contributed by atoms with Crippen LogP contribution in [0.3, 0.4) is 0 Å². The van der Waals surface area contributed by atoms with Crippen LogP contribution in [0.5, 0.6) is 0 Å². The second-order valence-electron chi connectivity index (χ2n) is 3.52. The summed E-state index contributed by atoms with van der Waals surface area (Å²) in [5.41, 5.74) is 3.11. The first-order valence-electron chi connectivity index (χ1n) is 5.11. The number of nitrogens with zero attached hydrogens (tertiary/aromatic N) is 1. The van der Waals surface area contributed by atoms with Crippen LogP contribution in [-0.4, -0.2) is 4.98 Å². The van der Waals surface area contributed by atoms with E-state index in [9.17, 15) is 0 Å². The molecule has 0 spiro atoms. The maximum Gasteiger partial charge on any atom is 0.0673 e. The van der Waals surface area contributed by atoms with Crippen LogP contribution >= 0.6 is 11.6 Å². The van der Waals surface area contributed by atoms with Gasteiger partial charge in [0.05, 0.1) is 5.69 Å². The Morgan fingerprint density at radius 2 is 1.94 bits per heavy atom. The molecule has 0 saturated heterocycles. The van der Waals surface area contributed by atoms with Gasteiger partial charge in [0.2, 0.25) is 0 Å². The van der Waals surface area contributed by atoms with Crippen LogP contribution in [0.4, 0.5) is 0 Å². The standard InChI is InChI=1S/C14H12ClN/c1-2-14-12(13(15)8-9-16-14)10-11-6-4-3-5-7-11/h2-9H,1,10H2. The quantitative estimate of drug-likeness (QED) is 0.776. The molecule has 0 amide bonds. The monoisotopic (exact) mass is 229 g/mol. The summed E-state index contributed by atoms with van der Waals surface area (Å²) in [5, 5.41) is 0.744. The van der Waals surface area contributed by atoms with Crippen LogP contribution in [0, 0.1) is 0 Å². The van der Waals surface area contributed by atoms with Crippen LogP contribution in [0.25, 0.3) is 6.08 Å². The zero-order valence-corrected chi connectivity index (χ0v) is 9.61. The van der Waals surface area contributed by atoms with Gasteiger partial charge in [-0.15, -0.1) is 0 Å². The second-order valence-corrected chi connectivity index (χ2v) is 3.93. The fourth-order valence-electron chi connectivity index (χ4n) is 1.63. The van der Waals surface area contributed by atoms with E-state index in [1.165, 1.54) is 5.56 Å². The van der Waals surface area contributed by atoms with Crippen molar-refractivity contribution in [3.8, 4) is 0 Å². The Hall–Kier alpha value is -1.60. The summed E-state index contributed by atoms with van der Waals surface area (Å²) in [6.45, 7) is 3.75. The smallest absolute Gasteiger partial charge is 0.0673 e. The van der Waals surface area contributed by atoms with Gasteiger partial charge >= 0.3 is 0 Å². The van der Waals surface area contributed by atoms with Crippen molar-refractivity contribution in [3.63, 3.8) is 0 Å². The molecular formula is C14H12ClN. The predicted molar refractivity (Wildman–Crippen MR) is 68.6 cm³/mol. The van der Waals surface area contributed by atoms with Gasteiger partial charge in [-0.3, -0.25) is 4.98 Å². The lowest BCUT2D eigenvalue weighted by atomic mass is 10.0. The summed E-state index contributed by atoms with van der Waals surface area (Å²) < 4.78 is 0. The molecule has 1 heterocycles. The van der Waals surface area contributed by atoms with Crippen LogP contribution < -0.4 is 0 Å². The molecule has 0 aliphatic rings. The van der Waals surface area contributed by atoms with Crippen LogP contribution in [0.2, 0.25) is 5.02 Å². The molecule has 1 aromatic heterocycles. The molecule has 0 N–H and O–H groups in total. The maximum absolute atomic E-state index is 6.17. The van der Waals surface area contributed by atoms with Crippen molar-refractivity contribution in [2.75, 3.05) is 0 Å². The van der Waals surface area contributed by atoms with Gasteiger partial charge < -0.3 is 0 Å². The molecule has 1 aromatic carbocycles. The number of aromatic nitrogens is 1. The van der Waals surface area contributed by atoms with Crippen molar-refractivity contribution >= 4 is 17.7 Å². The topological polar surface area (TPSA) is 12.9 Å². The van der Waals surface area contributed by atoms with Crippen molar-refractivity contribution in [2.24, 2.45) is 0 Å². The summed E-state index contributed by atoms with van der Waals surface area (Å²) in [6, 6.07) is 12.0. The van der Waals surface area contributed by atoms with Crippen molar-refractivity contribution in [1.82, 2.24) is 4.98 Å². The zero-order chi connectivity index (χ0) is 11.4. The molecule has 0 atom stereocenters. The van der Waals surface area contributed by atoms with E-state index in [1.54, 1.807) is 12.3 Å². The summed E-state index contributed by atoms with van der Waals surface area (Å²) in [7, 11) is 0. The molecule has 80 valence electrons. The third-order valence-corrected chi connectivity index (χ3v) is 2.80. The second kappa shape index (κ2) is 4.95. The SMILES string of the molecule is C=Cc1nccc(Cl)c1Cc1ccccc1. The minimum absolute atomic E-state index is 0.744. The van der Waals surface area contributed by atoms with Crippen molar-refractivity contribution in [2.45, 2.75) is 6.42 Å². The maximum atomic E-state index is 6.17. The summed E-state index contributed by atoms with van der Waals surface area (Å²) in [4.78, 5) is 4.25. The van der Waals surface area contributed by atoms with Gasteiger partial charge in [0.15, 0.2) is 0 Å². The highest BCUT2D eigenvalue weighted by atomic mass is 35.5. The van der Waals surface area contributed by atoms with E-state index in [2.05, 4.69) is 23.7 Å². The molecule has 0 bridgehead atoms. The molecule has 1 nitrogen and oxygen atoms in total. The Morgan fingerprint density at radius 3 is 2.62 bits per heavy atom. The minimum Gasteiger partial charge on any atom is -0.257 e. The molecule has 0 radical (unpaired) electrons. The Labute approximate surface area is 100 Å². The Kier molecular flexibility index (Phi) is 3.37. The molecular weight excluding hydrogens is 218 g/mol. The average Bonchev–Trinajstić information content (AvgIpc) is 2.33. The highest BCUT2D eigenvalue weighted by Crippen LogP contribution is 2.22. The van der Waals surface area contributed by atoms with Crippen LogP contribution in [0.15, 0.2) is 49.2 Å². The van der Waals surface area contributed by atoms with E-state index in [0.29, 0.717) is 0 Å². The molecule has 0 fully saturated rings. The number of hydrogen-bond donors (Lipinski definition) is 0. The highest BCUT2D eigenvalue weighted by molar-refractivity contribution is 6.31. The Balaban J connectivity index is 2.38. The van der Waals surface area contributed by atoms with Crippen molar-refractivity contribution in [1.29, 1.82) is 0 Å². The van der Waals surface area contributed by atoms with Gasteiger partial charge in [0.25, 0.3) is 0 Å². The fraction of sp³-hybridized carbons (Fsp3) is 0.0714. The predicted octanol–water partition coefficient (Wildman–Crippen LogP) is 3.97. The summed E-state index contributed by atoms with van der Waals surface area (Å²) in [5.74, 6) is 0. The first-order chi connectivity index (χ1) is 7.81. The van der Waals surface area contributed by atoms with Gasteiger partial charge in [0.1, 0.15) is 0 Å². The third kappa shape index (κ3) is 2.31. The van der Waals surface area contributed by atoms with E-state index >= 15 is 0 Å². The number of benzene rings is 1. The molecule has 0 aliphatic heterocycles. The molecule has 16 heavy (non-hydrogen) atoms. The Bertz CT molecular complexity index is 491. The van der Waals surface area contributed by atoms with Gasteiger partial charge in [-0.1, -0.05) is 48.5 Å². The summed E-state index contributed by atoms with van der Waals surface area (Å²) in [6.07, 6.45) is 4.23. The Morgan fingerprint density at radius 1 is 1.19 bits per heavy atom. The average molecular weight is 230 g/mol. The first-order valence-corrected chi connectivity index (χ1v) is 5.49. The fourth-order valence-corrected chi connectivity index (χ4v) is 1.85. The van der Waals surface area contributed by atoms with Crippen molar-refractivity contribution in [3.05, 3.63) is 71.0 Å². The highest BCUT2D eigenvalue weighted by Gasteiger charge is 2.06. The van der Waals surface area contributed by atoms with Crippen LogP contribution in [-0.2, 0) is 6.42 Å². The molecule has 2 heteroatoms. The molecule has 0 aliphatic carbocycles. The van der Waals surface area contributed by atoms with Gasteiger partial charge in [-0.05, 0) is 17.7 Å². The lowest BCUT2D eigenvalue weighted by Gasteiger charge is -2.07. The normalized spacial score (nSPS) is 10.1. The lowest BCUT2D eigenvalue weighted by molar-refractivity contribution is 1.13. The zero-order valence-electron chi connectivity index (χ0n) is 8.86. The minimum atomic E-state index is 0.744. The lowest BCUT2D eigenvalue weighted by Crippen LogP contribution is -1.95. The van der Waals surface area contributed by atoms with E-state index in [0.717, 1.165) is 22.7 Å². The number of rotatable bonds is 3. The van der Waals surface area contributed by atoms with Gasteiger partial charge in [-0.2, -0.15) is 0 Å². The van der Waals surface area contributed by atoms with Gasteiger partial charge in [0, 0.05) is 23.2 Å². The molecule has 2 rings (SSSR count). The summed E-state index contributed by atoms with van der Waals surface area (Å²) >= 11 is 6.17. The van der Waals surface area contributed by atoms with Crippen LogP contribution in [0.1, 0.15) is 16.8 Å². The van der Waals surface area contributed by atoms with E-state index in [1.807, 2.05) is 24.3 Å². The molecule has 0 unspecified atom stereocenters. The third-order valence-electron chi connectivity index (χ3n) is 2.45. The van der Waals surface area contributed by atoms with Gasteiger partial charge in [-0.25, -0.2) is 0 Å². The number of halogens is 1. The molecule has 0 saturated carbocycles. The van der Waals surface area contributed by atoms with Crippen molar-refractivity contribution < 1.29 is 0 Å².